The summed E-state index contributed by atoms with van der Waals surface area (Å²) in [6.45, 7) is 4.92. The molecule has 0 radical (unpaired) electrons. The zero-order valence-corrected chi connectivity index (χ0v) is 19.2. The fourth-order valence-electron chi connectivity index (χ4n) is 5.09. The van der Waals surface area contributed by atoms with Gasteiger partial charge in [0.15, 0.2) is 0 Å². The van der Waals surface area contributed by atoms with Gasteiger partial charge in [-0.25, -0.2) is 9.18 Å². The van der Waals surface area contributed by atoms with Crippen molar-refractivity contribution in [2.24, 2.45) is 11.8 Å². The molecule has 1 unspecified atom stereocenters. The van der Waals surface area contributed by atoms with Crippen molar-refractivity contribution in [1.82, 2.24) is 9.80 Å². The summed E-state index contributed by atoms with van der Waals surface area (Å²) in [7, 11) is 0. The van der Waals surface area contributed by atoms with Crippen LogP contribution in [0.2, 0.25) is 0 Å². The SMILES string of the molecule is N#Cc1cccc(NC(=O)N2CCCC(CCN3CCC(Cc4ccc(F)cc4)CC3)C2)c1. The second-order valence-corrected chi connectivity index (χ2v) is 9.48. The number of nitrogens with zero attached hydrogens (tertiary/aromatic N) is 3. The first-order valence-electron chi connectivity index (χ1n) is 12.1. The molecule has 0 aliphatic carbocycles. The number of benzene rings is 2. The first-order chi connectivity index (χ1) is 16.1. The van der Waals surface area contributed by atoms with Crippen molar-refractivity contribution >= 4 is 11.7 Å². The summed E-state index contributed by atoms with van der Waals surface area (Å²) in [5, 5.41) is 12.0. The lowest BCUT2D eigenvalue weighted by atomic mass is 9.89. The van der Waals surface area contributed by atoms with Gasteiger partial charge in [-0.1, -0.05) is 18.2 Å². The first kappa shape index (κ1) is 23.3. The van der Waals surface area contributed by atoms with E-state index in [2.05, 4.69) is 16.3 Å². The van der Waals surface area contributed by atoms with Gasteiger partial charge in [0, 0.05) is 18.8 Å². The lowest BCUT2D eigenvalue weighted by molar-refractivity contribution is 0.145. The zero-order valence-electron chi connectivity index (χ0n) is 19.2. The molecule has 4 rings (SSSR count). The van der Waals surface area contributed by atoms with E-state index in [1.807, 2.05) is 23.1 Å². The number of nitrogens with one attached hydrogen (secondary N) is 1. The standard InChI is InChI=1S/C27H33FN4O/c28-25-8-6-21(7-9-25)17-22-10-14-31(15-11-22)16-12-23-4-2-13-32(20-23)27(33)30-26-5-1-3-24(18-26)19-29/h1,3,5-9,18,22-23H,2,4,10-17,20H2,(H,30,33). The van der Waals surface area contributed by atoms with Crippen LogP contribution in [0.5, 0.6) is 0 Å². The molecule has 2 saturated heterocycles. The fourth-order valence-corrected chi connectivity index (χ4v) is 5.09. The van der Waals surface area contributed by atoms with E-state index in [0.717, 1.165) is 52.0 Å². The number of rotatable bonds is 6. The second kappa shape index (κ2) is 11.3. The predicted molar refractivity (Wildman–Crippen MR) is 128 cm³/mol. The monoisotopic (exact) mass is 448 g/mol. The van der Waals surface area contributed by atoms with Crippen molar-refractivity contribution in [1.29, 1.82) is 5.26 Å². The molecule has 2 aromatic carbocycles. The van der Waals surface area contributed by atoms with Crippen molar-refractivity contribution in [2.45, 2.75) is 38.5 Å². The van der Waals surface area contributed by atoms with Crippen molar-refractivity contribution in [3.8, 4) is 6.07 Å². The van der Waals surface area contributed by atoms with Gasteiger partial charge >= 0.3 is 6.03 Å². The van der Waals surface area contributed by atoms with Gasteiger partial charge in [0.25, 0.3) is 0 Å². The first-order valence-corrected chi connectivity index (χ1v) is 12.1. The highest BCUT2D eigenvalue weighted by molar-refractivity contribution is 5.89. The van der Waals surface area contributed by atoms with E-state index < -0.39 is 0 Å². The third kappa shape index (κ3) is 6.79. The molecule has 2 aliphatic rings. The molecule has 0 bridgehead atoms. The number of amides is 2. The Hall–Kier alpha value is -2.91. The normalized spacial score (nSPS) is 19.8. The van der Waals surface area contributed by atoms with Crippen molar-refractivity contribution in [3.05, 3.63) is 65.5 Å². The Bertz CT molecular complexity index is 963. The van der Waals surface area contributed by atoms with Crippen LogP contribution in [0.25, 0.3) is 0 Å². The Morgan fingerprint density at radius 3 is 2.61 bits per heavy atom. The highest BCUT2D eigenvalue weighted by Gasteiger charge is 2.25. The van der Waals surface area contributed by atoms with Crippen LogP contribution in [-0.4, -0.2) is 48.6 Å². The number of piperidine rings is 2. The van der Waals surface area contributed by atoms with E-state index >= 15 is 0 Å². The summed E-state index contributed by atoms with van der Waals surface area (Å²) in [6, 6.07) is 16.0. The Morgan fingerprint density at radius 1 is 1.06 bits per heavy atom. The number of hydrogen-bond acceptors (Lipinski definition) is 3. The molecule has 0 saturated carbocycles. The lowest BCUT2D eigenvalue weighted by Gasteiger charge is -2.36. The Balaban J connectivity index is 1.18. The van der Waals surface area contributed by atoms with E-state index in [0.29, 0.717) is 23.1 Å². The van der Waals surface area contributed by atoms with Gasteiger partial charge in [0.2, 0.25) is 0 Å². The molecule has 174 valence electrons. The Kier molecular flexibility index (Phi) is 7.96. The van der Waals surface area contributed by atoms with Crippen molar-refractivity contribution < 1.29 is 9.18 Å². The average molecular weight is 449 g/mol. The van der Waals surface area contributed by atoms with Crippen LogP contribution < -0.4 is 5.32 Å². The van der Waals surface area contributed by atoms with Gasteiger partial charge in [0.1, 0.15) is 5.82 Å². The molecular weight excluding hydrogens is 415 g/mol. The van der Waals surface area contributed by atoms with Crippen LogP contribution in [0, 0.1) is 29.0 Å². The predicted octanol–water partition coefficient (Wildman–Crippen LogP) is 5.29. The van der Waals surface area contributed by atoms with Gasteiger partial charge in [-0.3, -0.25) is 0 Å². The molecule has 1 N–H and O–H groups in total. The minimum absolute atomic E-state index is 0.0728. The summed E-state index contributed by atoms with van der Waals surface area (Å²) in [5.74, 6) is 1.05. The minimum atomic E-state index is -0.166. The van der Waals surface area contributed by atoms with Crippen LogP contribution in [0.1, 0.15) is 43.2 Å². The average Bonchev–Trinajstić information content (AvgIpc) is 2.85. The van der Waals surface area contributed by atoms with E-state index in [1.165, 1.54) is 24.8 Å². The number of urea groups is 1. The van der Waals surface area contributed by atoms with Gasteiger partial charge in [0.05, 0.1) is 11.6 Å². The molecule has 0 aromatic heterocycles. The number of halogens is 1. The highest BCUT2D eigenvalue weighted by Crippen LogP contribution is 2.25. The Morgan fingerprint density at radius 2 is 1.85 bits per heavy atom. The third-order valence-corrected chi connectivity index (χ3v) is 7.05. The number of nitriles is 1. The molecule has 0 spiro atoms. The maximum Gasteiger partial charge on any atom is 0.321 e. The van der Waals surface area contributed by atoms with E-state index in [-0.39, 0.29) is 11.8 Å². The van der Waals surface area contributed by atoms with Gasteiger partial charge in [-0.2, -0.15) is 5.26 Å². The van der Waals surface area contributed by atoms with Crippen LogP contribution in [0.3, 0.4) is 0 Å². The number of carbonyl (C=O) groups excluding carboxylic acids is 1. The van der Waals surface area contributed by atoms with E-state index in [1.54, 1.807) is 30.3 Å². The fraction of sp³-hybridized carbons (Fsp3) is 0.481. The van der Waals surface area contributed by atoms with Gasteiger partial charge < -0.3 is 15.1 Å². The zero-order chi connectivity index (χ0) is 23.0. The molecule has 2 aromatic rings. The quantitative estimate of drug-likeness (QED) is 0.654. The van der Waals surface area contributed by atoms with Crippen LogP contribution >= 0.6 is 0 Å². The van der Waals surface area contributed by atoms with E-state index in [4.69, 9.17) is 5.26 Å². The molecule has 2 amide bonds. The Labute approximate surface area is 196 Å². The molecule has 5 nitrogen and oxygen atoms in total. The number of likely N-dealkylation sites (tertiary alicyclic amines) is 2. The largest absolute Gasteiger partial charge is 0.324 e. The molecular formula is C27H33FN4O. The summed E-state index contributed by atoms with van der Waals surface area (Å²) in [5.41, 5.74) is 2.45. The molecule has 6 heteroatoms. The van der Waals surface area contributed by atoms with Gasteiger partial charge in [-0.05, 0) is 106 Å². The van der Waals surface area contributed by atoms with Gasteiger partial charge in [-0.15, -0.1) is 0 Å². The molecule has 33 heavy (non-hydrogen) atoms. The molecule has 2 aliphatic heterocycles. The summed E-state index contributed by atoms with van der Waals surface area (Å²) in [6.07, 6.45) is 6.76. The number of anilines is 1. The van der Waals surface area contributed by atoms with Crippen LogP contribution in [-0.2, 0) is 6.42 Å². The maximum atomic E-state index is 13.1. The number of hydrogen-bond donors (Lipinski definition) is 1. The molecule has 1 atom stereocenters. The smallest absolute Gasteiger partial charge is 0.321 e. The molecule has 2 fully saturated rings. The summed E-state index contributed by atoms with van der Waals surface area (Å²) in [4.78, 5) is 17.2. The summed E-state index contributed by atoms with van der Waals surface area (Å²) < 4.78 is 13.1. The molecule has 2 heterocycles. The van der Waals surface area contributed by atoms with Crippen LogP contribution in [0.15, 0.2) is 48.5 Å². The third-order valence-electron chi connectivity index (χ3n) is 7.05. The second-order valence-electron chi connectivity index (χ2n) is 9.48. The number of carbonyl (C=O) groups is 1. The lowest BCUT2D eigenvalue weighted by Crippen LogP contribution is -2.43. The summed E-state index contributed by atoms with van der Waals surface area (Å²) >= 11 is 0. The van der Waals surface area contributed by atoms with Crippen molar-refractivity contribution in [3.63, 3.8) is 0 Å². The van der Waals surface area contributed by atoms with E-state index in [9.17, 15) is 9.18 Å². The van der Waals surface area contributed by atoms with Crippen LogP contribution in [0.4, 0.5) is 14.9 Å². The van der Waals surface area contributed by atoms with Crippen molar-refractivity contribution in [2.75, 3.05) is 38.0 Å². The topological polar surface area (TPSA) is 59.4 Å². The highest BCUT2D eigenvalue weighted by atomic mass is 19.1. The minimum Gasteiger partial charge on any atom is -0.324 e. The maximum absolute atomic E-state index is 13.1.